The average molecular weight is 531 g/mol. The van der Waals surface area contributed by atoms with Crippen LogP contribution in [0.1, 0.15) is 37.6 Å². The smallest absolute Gasteiger partial charge is 0.251 e. The molecule has 3 aliphatic rings. The molecule has 1 unspecified atom stereocenters. The minimum Gasteiger partial charge on any atom is -0.383 e. The maximum absolute atomic E-state index is 13.7. The van der Waals surface area contributed by atoms with Crippen LogP contribution in [0.3, 0.4) is 0 Å². The number of ether oxygens (including phenoxy) is 3. The number of anilines is 1. The lowest BCUT2D eigenvalue weighted by molar-refractivity contribution is -0.138. The quantitative estimate of drug-likeness (QED) is 0.508. The van der Waals surface area contributed by atoms with Gasteiger partial charge in [0.1, 0.15) is 30.9 Å². The molecule has 10 nitrogen and oxygen atoms in total. The number of hydrogen-bond donors (Lipinski definition) is 1. The van der Waals surface area contributed by atoms with E-state index in [1.54, 1.807) is 19.1 Å². The van der Waals surface area contributed by atoms with E-state index in [9.17, 15) is 14.4 Å². The second-order valence-electron chi connectivity index (χ2n) is 11.6. The molecule has 4 atom stereocenters. The van der Waals surface area contributed by atoms with E-state index in [1.807, 2.05) is 45.0 Å². The summed E-state index contributed by atoms with van der Waals surface area (Å²) >= 11 is 0. The Labute approximate surface area is 225 Å². The largest absolute Gasteiger partial charge is 0.383 e. The Hall–Kier alpha value is -2.53. The number of carbonyl (C=O) groups excluding carboxylic acids is 3. The van der Waals surface area contributed by atoms with E-state index in [0.29, 0.717) is 12.0 Å². The van der Waals surface area contributed by atoms with Gasteiger partial charge in [0.05, 0.1) is 13.2 Å². The number of ketones is 1. The molecule has 1 N–H and O–H groups in total. The molecule has 4 rings (SSSR count). The molecule has 2 amide bonds. The van der Waals surface area contributed by atoms with Crippen LogP contribution in [-0.2, 0) is 23.8 Å². The third-order valence-corrected chi connectivity index (χ3v) is 7.62. The van der Waals surface area contributed by atoms with Gasteiger partial charge in [0, 0.05) is 58.2 Å². The number of methoxy groups -OCH3 is 2. The second-order valence-corrected chi connectivity index (χ2v) is 11.6. The molecule has 38 heavy (non-hydrogen) atoms. The molecule has 210 valence electrons. The molecule has 0 bridgehead atoms. The summed E-state index contributed by atoms with van der Waals surface area (Å²) in [5, 5.41) is 2.96. The van der Waals surface area contributed by atoms with Gasteiger partial charge < -0.3 is 29.3 Å². The third-order valence-electron chi connectivity index (χ3n) is 7.62. The van der Waals surface area contributed by atoms with E-state index in [2.05, 4.69) is 15.1 Å². The van der Waals surface area contributed by atoms with Crippen molar-refractivity contribution in [2.75, 3.05) is 71.6 Å². The predicted octanol–water partition coefficient (Wildman–Crippen LogP) is 1.18. The van der Waals surface area contributed by atoms with E-state index in [4.69, 9.17) is 14.2 Å². The molecular weight excluding hydrogens is 488 g/mol. The van der Waals surface area contributed by atoms with Gasteiger partial charge in [-0.05, 0) is 36.1 Å². The fraction of sp³-hybridized carbons (Fsp3) is 0.679. The summed E-state index contributed by atoms with van der Waals surface area (Å²) in [7, 11) is 3.28. The van der Waals surface area contributed by atoms with Gasteiger partial charge in [-0.2, -0.15) is 0 Å². The summed E-state index contributed by atoms with van der Waals surface area (Å²) in [4.78, 5) is 45.8. The number of nitrogens with one attached hydrogen (secondary N) is 1. The normalized spacial score (nSPS) is 25.0. The first-order chi connectivity index (χ1) is 18.1. The van der Waals surface area contributed by atoms with Crippen LogP contribution in [-0.4, -0.2) is 118 Å². The monoisotopic (exact) mass is 530 g/mol. The number of carbonyl (C=O) groups is 3. The highest BCUT2D eigenvalue weighted by atomic mass is 16.5. The number of nitrogens with zero attached hydrogens (tertiary/aromatic N) is 3. The number of benzene rings is 1. The molecule has 1 aromatic rings. The summed E-state index contributed by atoms with van der Waals surface area (Å²) in [5.74, 6) is -0.708. The van der Waals surface area contributed by atoms with Crippen LogP contribution in [0.4, 0.5) is 5.69 Å². The Balaban J connectivity index is 1.42. The zero-order valence-corrected chi connectivity index (χ0v) is 23.3. The molecule has 3 saturated heterocycles. The van der Waals surface area contributed by atoms with Crippen LogP contribution < -0.4 is 10.2 Å². The lowest BCUT2D eigenvalue weighted by Gasteiger charge is -2.36. The first kappa shape index (κ1) is 28.5. The van der Waals surface area contributed by atoms with Crippen molar-refractivity contribution in [3.63, 3.8) is 0 Å². The Bertz CT molecular complexity index is 986. The highest BCUT2D eigenvalue weighted by Crippen LogP contribution is 2.31. The molecule has 0 spiro atoms. The molecule has 0 aromatic heterocycles. The minimum absolute atomic E-state index is 0.0240. The van der Waals surface area contributed by atoms with Gasteiger partial charge in [-0.15, -0.1) is 0 Å². The van der Waals surface area contributed by atoms with Gasteiger partial charge in [-0.25, -0.2) is 0 Å². The van der Waals surface area contributed by atoms with Gasteiger partial charge in [-0.1, -0.05) is 20.8 Å². The second kappa shape index (κ2) is 12.1. The van der Waals surface area contributed by atoms with Crippen molar-refractivity contribution in [3.05, 3.63) is 29.8 Å². The Morgan fingerprint density at radius 1 is 1.11 bits per heavy atom. The van der Waals surface area contributed by atoms with Crippen molar-refractivity contribution >= 4 is 23.3 Å². The molecular formula is C28H42N4O6. The lowest BCUT2D eigenvalue weighted by Crippen LogP contribution is -2.53. The molecule has 0 radical (unpaired) electrons. The number of hydrogen-bond acceptors (Lipinski definition) is 8. The van der Waals surface area contributed by atoms with Gasteiger partial charge in [0.25, 0.3) is 5.91 Å². The van der Waals surface area contributed by atoms with Crippen molar-refractivity contribution in [3.8, 4) is 0 Å². The molecule has 3 heterocycles. The molecule has 3 fully saturated rings. The number of piperazine rings is 1. The first-order valence-corrected chi connectivity index (χ1v) is 13.5. The van der Waals surface area contributed by atoms with E-state index in [1.165, 1.54) is 0 Å². The molecule has 3 aliphatic heterocycles. The number of amides is 2. The lowest BCUT2D eigenvalue weighted by atomic mass is 9.87. The number of rotatable bonds is 9. The zero-order chi connectivity index (χ0) is 27.4. The Morgan fingerprint density at radius 2 is 1.79 bits per heavy atom. The van der Waals surface area contributed by atoms with Gasteiger partial charge in [0.2, 0.25) is 5.91 Å². The molecule has 1 aromatic carbocycles. The van der Waals surface area contributed by atoms with Crippen LogP contribution in [0.2, 0.25) is 0 Å². The van der Waals surface area contributed by atoms with Gasteiger partial charge >= 0.3 is 0 Å². The summed E-state index contributed by atoms with van der Waals surface area (Å²) < 4.78 is 16.3. The van der Waals surface area contributed by atoms with E-state index < -0.39 is 18.2 Å². The van der Waals surface area contributed by atoms with Crippen LogP contribution in [0.15, 0.2) is 24.3 Å². The van der Waals surface area contributed by atoms with Gasteiger partial charge in [0.15, 0.2) is 5.78 Å². The van der Waals surface area contributed by atoms with Crippen molar-refractivity contribution in [2.24, 2.45) is 5.41 Å². The summed E-state index contributed by atoms with van der Waals surface area (Å²) in [6.45, 7) is 11.8. The SMILES string of the molecule is COCCN1CCN(c2ccc(C(=O)NC(CC(C)(C)C)C(=O)N3C[C@@H](OC)[C@H]4OCC(=O)[C@H]43)cc2)CC1. The highest BCUT2D eigenvalue weighted by Gasteiger charge is 2.53. The Morgan fingerprint density at radius 3 is 2.39 bits per heavy atom. The van der Waals surface area contributed by atoms with Crippen LogP contribution in [0, 0.1) is 5.41 Å². The maximum atomic E-state index is 13.7. The fourth-order valence-corrected chi connectivity index (χ4v) is 5.57. The van der Waals surface area contributed by atoms with Crippen molar-refractivity contribution in [1.82, 2.24) is 15.1 Å². The zero-order valence-electron chi connectivity index (χ0n) is 23.3. The van der Waals surface area contributed by atoms with Gasteiger partial charge in [-0.3, -0.25) is 19.3 Å². The first-order valence-electron chi connectivity index (χ1n) is 13.5. The van der Waals surface area contributed by atoms with Crippen LogP contribution in [0.25, 0.3) is 0 Å². The number of fused-ring (bicyclic) bond motifs is 1. The third kappa shape index (κ3) is 6.54. The number of Topliss-reactive ketones (excluding diaryl/α,β-unsaturated/α-hetero) is 1. The predicted molar refractivity (Wildman–Crippen MR) is 143 cm³/mol. The van der Waals surface area contributed by atoms with Crippen molar-refractivity contribution in [2.45, 2.75) is 51.5 Å². The van der Waals surface area contributed by atoms with E-state index in [0.717, 1.165) is 45.0 Å². The van der Waals surface area contributed by atoms with Crippen molar-refractivity contribution < 1.29 is 28.6 Å². The fourth-order valence-electron chi connectivity index (χ4n) is 5.57. The average Bonchev–Trinajstić information content (AvgIpc) is 3.46. The molecule has 0 aliphatic carbocycles. The van der Waals surface area contributed by atoms with Crippen LogP contribution >= 0.6 is 0 Å². The van der Waals surface area contributed by atoms with E-state index in [-0.39, 0.29) is 42.3 Å². The summed E-state index contributed by atoms with van der Waals surface area (Å²) in [6.07, 6.45) is -0.392. The maximum Gasteiger partial charge on any atom is 0.251 e. The summed E-state index contributed by atoms with van der Waals surface area (Å²) in [6, 6.07) is 6.10. The minimum atomic E-state index is -0.771. The van der Waals surface area contributed by atoms with E-state index >= 15 is 0 Å². The summed E-state index contributed by atoms with van der Waals surface area (Å²) in [5.41, 5.74) is 1.34. The highest BCUT2D eigenvalue weighted by molar-refractivity contribution is 5.99. The molecule has 0 saturated carbocycles. The topological polar surface area (TPSA) is 101 Å². The Kier molecular flexibility index (Phi) is 9.07. The number of likely N-dealkylation sites (tertiary alicyclic amines) is 1. The standard InChI is InChI=1S/C28H42N4O6/c1-28(2,3)16-21(27(35)32-17-23(37-5)25-24(32)22(33)18-38-25)29-26(34)19-6-8-20(9-7-19)31-12-10-30(11-13-31)14-15-36-4/h6-9,21,23-25H,10-18H2,1-5H3,(H,29,34)/t21?,23-,24-,25-/m1/s1. The van der Waals surface area contributed by atoms with Crippen LogP contribution in [0.5, 0.6) is 0 Å². The van der Waals surface area contributed by atoms with Crippen molar-refractivity contribution in [1.29, 1.82) is 0 Å². The molecule has 10 heteroatoms.